The first-order valence-corrected chi connectivity index (χ1v) is 8.54. The SMILES string of the molecule is C=C(C)C(=O)OCC(=O)OC1C2CC(CC)CC(C2)C(=O)OC1C. The van der Waals surface area contributed by atoms with Crippen molar-refractivity contribution in [3.8, 4) is 0 Å². The first-order chi connectivity index (χ1) is 11.3. The molecule has 5 unspecified atom stereocenters. The van der Waals surface area contributed by atoms with E-state index in [-0.39, 0.29) is 23.4 Å². The molecule has 6 heteroatoms. The molecule has 0 N–H and O–H groups in total. The van der Waals surface area contributed by atoms with Crippen molar-refractivity contribution >= 4 is 17.9 Å². The van der Waals surface area contributed by atoms with Crippen molar-refractivity contribution in [1.82, 2.24) is 0 Å². The Kier molecular flexibility index (Phi) is 6.02. The minimum Gasteiger partial charge on any atom is -0.458 e. The molecule has 6 nitrogen and oxygen atoms in total. The second-order valence-electron chi connectivity index (χ2n) is 6.89. The number of fused-ring (bicyclic) bond motifs is 2. The molecule has 0 aromatic rings. The number of hydrogen-bond donors (Lipinski definition) is 0. The van der Waals surface area contributed by atoms with Gasteiger partial charge in [-0.3, -0.25) is 4.79 Å². The zero-order valence-corrected chi connectivity index (χ0v) is 14.6. The second kappa shape index (κ2) is 7.81. The summed E-state index contributed by atoms with van der Waals surface area (Å²) >= 11 is 0. The molecule has 0 radical (unpaired) electrons. The Morgan fingerprint density at radius 2 is 2.00 bits per heavy atom. The maximum Gasteiger partial charge on any atom is 0.344 e. The molecule has 1 aliphatic carbocycles. The molecule has 134 valence electrons. The third-order valence-electron chi connectivity index (χ3n) is 4.92. The lowest BCUT2D eigenvalue weighted by Gasteiger charge is -2.34. The summed E-state index contributed by atoms with van der Waals surface area (Å²) in [5.41, 5.74) is 0.223. The van der Waals surface area contributed by atoms with Gasteiger partial charge in [-0.1, -0.05) is 19.9 Å². The molecule has 0 aromatic carbocycles. The molecular weight excluding hydrogens is 312 g/mol. The van der Waals surface area contributed by atoms with Crippen LogP contribution in [-0.4, -0.2) is 36.7 Å². The molecule has 1 saturated heterocycles. The van der Waals surface area contributed by atoms with Gasteiger partial charge in [0.15, 0.2) is 6.61 Å². The van der Waals surface area contributed by atoms with Gasteiger partial charge in [-0.15, -0.1) is 0 Å². The van der Waals surface area contributed by atoms with Crippen molar-refractivity contribution in [2.45, 2.75) is 58.7 Å². The highest BCUT2D eigenvalue weighted by atomic mass is 16.6. The number of carbonyl (C=O) groups excluding carboxylic acids is 3. The fourth-order valence-corrected chi connectivity index (χ4v) is 3.63. The smallest absolute Gasteiger partial charge is 0.344 e. The van der Waals surface area contributed by atoms with E-state index in [2.05, 4.69) is 13.5 Å². The lowest BCUT2D eigenvalue weighted by molar-refractivity contribution is -0.172. The molecule has 1 aliphatic heterocycles. The topological polar surface area (TPSA) is 78.9 Å². The Labute approximate surface area is 142 Å². The summed E-state index contributed by atoms with van der Waals surface area (Å²) in [6.07, 6.45) is 2.44. The number of rotatable bonds is 5. The third-order valence-corrected chi connectivity index (χ3v) is 4.92. The van der Waals surface area contributed by atoms with E-state index in [1.54, 1.807) is 6.92 Å². The maximum absolute atomic E-state index is 12.2. The van der Waals surface area contributed by atoms with Crippen molar-refractivity contribution in [3.05, 3.63) is 12.2 Å². The lowest BCUT2D eigenvalue weighted by atomic mass is 9.72. The van der Waals surface area contributed by atoms with E-state index < -0.39 is 30.8 Å². The summed E-state index contributed by atoms with van der Waals surface area (Å²) in [4.78, 5) is 35.6. The molecule has 24 heavy (non-hydrogen) atoms. The van der Waals surface area contributed by atoms with Crippen LogP contribution >= 0.6 is 0 Å². The summed E-state index contributed by atoms with van der Waals surface area (Å²) in [7, 11) is 0. The number of esters is 3. The largest absolute Gasteiger partial charge is 0.458 e. The number of hydrogen-bond acceptors (Lipinski definition) is 6. The van der Waals surface area contributed by atoms with Crippen LogP contribution in [0.25, 0.3) is 0 Å². The molecule has 0 spiro atoms. The van der Waals surface area contributed by atoms with E-state index in [0.29, 0.717) is 12.3 Å². The van der Waals surface area contributed by atoms with Crippen LogP contribution in [0.2, 0.25) is 0 Å². The molecule has 5 atom stereocenters. The molecule has 0 amide bonds. The number of carbonyl (C=O) groups is 3. The van der Waals surface area contributed by atoms with Crippen LogP contribution < -0.4 is 0 Å². The zero-order valence-electron chi connectivity index (χ0n) is 14.6. The van der Waals surface area contributed by atoms with Crippen LogP contribution in [0.4, 0.5) is 0 Å². The highest BCUT2D eigenvalue weighted by molar-refractivity contribution is 5.88. The molecule has 1 heterocycles. The van der Waals surface area contributed by atoms with Gasteiger partial charge in [-0.25, -0.2) is 9.59 Å². The van der Waals surface area contributed by atoms with Gasteiger partial charge < -0.3 is 14.2 Å². The molecule has 2 aliphatic rings. The van der Waals surface area contributed by atoms with Crippen LogP contribution in [0.15, 0.2) is 12.2 Å². The van der Waals surface area contributed by atoms with Crippen molar-refractivity contribution in [2.24, 2.45) is 17.8 Å². The van der Waals surface area contributed by atoms with Gasteiger partial charge in [0.05, 0.1) is 5.92 Å². The van der Waals surface area contributed by atoms with Gasteiger partial charge in [0.2, 0.25) is 0 Å². The molecular formula is C18H26O6. The summed E-state index contributed by atoms with van der Waals surface area (Å²) < 4.78 is 15.8. The first kappa shape index (κ1) is 18.5. The Balaban J connectivity index is 2.01. The van der Waals surface area contributed by atoms with Gasteiger partial charge in [0.1, 0.15) is 12.2 Å². The van der Waals surface area contributed by atoms with Gasteiger partial charge in [0, 0.05) is 11.5 Å². The summed E-state index contributed by atoms with van der Waals surface area (Å²) in [5.74, 6) is -1.03. The monoisotopic (exact) mass is 338 g/mol. The van der Waals surface area contributed by atoms with E-state index in [1.807, 2.05) is 0 Å². The molecule has 1 saturated carbocycles. The first-order valence-electron chi connectivity index (χ1n) is 8.54. The van der Waals surface area contributed by atoms with Gasteiger partial charge in [-0.2, -0.15) is 0 Å². The van der Waals surface area contributed by atoms with E-state index >= 15 is 0 Å². The van der Waals surface area contributed by atoms with Crippen molar-refractivity contribution < 1.29 is 28.6 Å². The van der Waals surface area contributed by atoms with Crippen molar-refractivity contribution in [1.29, 1.82) is 0 Å². The fourth-order valence-electron chi connectivity index (χ4n) is 3.63. The standard InChI is InChI=1S/C18H26O6/c1-5-12-6-13-8-14(7-12)18(21)23-11(4)16(13)24-15(19)9-22-17(20)10(2)3/h11-14,16H,2,5-9H2,1,3-4H3. The Morgan fingerprint density at radius 3 is 2.62 bits per heavy atom. The fraction of sp³-hybridized carbons (Fsp3) is 0.722. The second-order valence-corrected chi connectivity index (χ2v) is 6.89. The van der Waals surface area contributed by atoms with Crippen LogP contribution in [0.3, 0.4) is 0 Å². The normalized spacial score (nSPS) is 32.3. The van der Waals surface area contributed by atoms with Gasteiger partial charge >= 0.3 is 17.9 Å². The van der Waals surface area contributed by atoms with E-state index in [9.17, 15) is 14.4 Å². The number of ether oxygens (including phenoxy) is 3. The molecule has 2 fully saturated rings. The molecule has 0 aromatic heterocycles. The van der Waals surface area contributed by atoms with Gasteiger partial charge in [-0.05, 0) is 39.0 Å². The minimum atomic E-state index is -0.630. The maximum atomic E-state index is 12.2. The highest BCUT2D eigenvalue weighted by Crippen LogP contribution is 2.41. The Hall–Kier alpha value is -1.85. The minimum absolute atomic E-state index is 0.0935. The summed E-state index contributed by atoms with van der Waals surface area (Å²) in [6.45, 7) is 8.36. The van der Waals surface area contributed by atoms with Crippen LogP contribution in [0, 0.1) is 17.8 Å². The third kappa shape index (κ3) is 4.36. The van der Waals surface area contributed by atoms with E-state index in [1.165, 1.54) is 6.92 Å². The molecule has 2 bridgehead atoms. The predicted octanol–water partition coefficient (Wildman–Crippen LogP) is 2.41. The van der Waals surface area contributed by atoms with E-state index in [4.69, 9.17) is 14.2 Å². The number of cyclic esters (lactones) is 1. The summed E-state index contributed by atoms with van der Waals surface area (Å²) in [6, 6.07) is 0. The van der Waals surface area contributed by atoms with Crippen molar-refractivity contribution in [3.63, 3.8) is 0 Å². The van der Waals surface area contributed by atoms with E-state index in [0.717, 1.165) is 19.3 Å². The Morgan fingerprint density at radius 1 is 1.29 bits per heavy atom. The summed E-state index contributed by atoms with van der Waals surface area (Å²) in [5, 5.41) is 0. The predicted molar refractivity (Wildman–Crippen MR) is 85.8 cm³/mol. The quantitative estimate of drug-likeness (QED) is 0.435. The highest BCUT2D eigenvalue weighted by Gasteiger charge is 2.44. The lowest BCUT2D eigenvalue weighted by Crippen LogP contribution is -2.39. The van der Waals surface area contributed by atoms with Crippen LogP contribution in [0.1, 0.15) is 46.5 Å². The zero-order chi connectivity index (χ0) is 17.9. The van der Waals surface area contributed by atoms with Crippen LogP contribution in [-0.2, 0) is 28.6 Å². The molecule has 2 rings (SSSR count). The van der Waals surface area contributed by atoms with Crippen molar-refractivity contribution in [2.75, 3.05) is 6.61 Å². The van der Waals surface area contributed by atoms with Crippen LogP contribution in [0.5, 0.6) is 0 Å². The average molecular weight is 338 g/mol. The van der Waals surface area contributed by atoms with Gasteiger partial charge in [0.25, 0.3) is 0 Å². The average Bonchev–Trinajstić information content (AvgIpc) is 2.62. The Bertz CT molecular complexity index is 526.